The molecule has 0 heterocycles. The van der Waals surface area contributed by atoms with Gasteiger partial charge >= 0.3 is 0 Å². The van der Waals surface area contributed by atoms with Gasteiger partial charge in [0.1, 0.15) is 5.75 Å². The van der Waals surface area contributed by atoms with Crippen molar-refractivity contribution in [2.45, 2.75) is 6.92 Å². The Bertz CT molecular complexity index is 721. The van der Waals surface area contributed by atoms with Crippen molar-refractivity contribution in [3.8, 4) is 17.2 Å². The van der Waals surface area contributed by atoms with Gasteiger partial charge in [0.05, 0.1) is 18.2 Å². The van der Waals surface area contributed by atoms with Gasteiger partial charge in [0, 0.05) is 5.56 Å². The van der Waals surface area contributed by atoms with Gasteiger partial charge in [0.15, 0.2) is 17.3 Å². The Morgan fingerprint density at radius 2 is 1.96 bits per heavy atom. The van der Waals surface area contributed by atoms with E-state index in [2.05, 4.69) is 15.9 Å². The number of hydrogen-bond donors (Lipinski definition) is 1. The summed E-state index contributed by atoms with van der Waals surface area (Å²) in [4.78, 5) is 12.2. The first kappa shape index (κ1) is 17.1. The minimum absolute atomic E-state index is 0.0301. The Hall–Kier alpha value is -2.27. The fourth-order valence-corrected chi connectivity index (χ4v) is 2.46. The van der Waals surface area contributed by atoms with Crippen LogP contribution in [-0.4, -0.2) is 24.6 Å². The molecule has 0 aliphatic rings. The number of rotatable bonds is 6. The highest BCUT2D eigenvalue weighted by atomic mass is 79.9. The van der Waals surface area contributed by atoms with Gasteiger partial charge in [0.2, 0.25) is 0 Å². The van der Waals surface area contributed by atoms with E-state index in [1.54, 1.807) is 42.5 Å². The molecule has 0 aliphatic carbocycles. The van der Waals surface area contributed by atoms with E-state index in [1.165, 1.54) is 13.2 Å². The lowest BCUT2D eigenvalue weighted by atomic mass is 10.1. The SMILES string of the molecule is CCOc1ccc(C(=O)C=Cc2cc(Br)c(O)c(OC)c2)cc1. The Labute approximate surface area is 143 Å². The third kappa shape index (κ3) is 4.36. The van der Waals surface area contributed by atoms with Crippen molar-refractivity contribution < 1.29 is 19.4 Å². The molecule has 0 bridgehead atoms. The Morgan fingerprint density at radius 1 is 1.26 bits per heavy atom. The molecule has 23 heavy (non-hydrogen) atoms. The highest BCUT2D eigenvalue weighted by Gasteiger charge is 2.08. The van der Waals surface area contributed by atoms with E-state index in [9.17, 15) is 9.90 Å². The largest absolute Gasteiger partial charge is 0.503 e. The predicted octanol–water partition coefficient (Wildman–Crippen LogP) is 4.46. The molecule has 1 N–H and O–H groups in total. The molecule has 4 nitrogen and oxygen atoms in total. The highest BCUT2D eigenvalue weighted by molar-refractivity contribution is 9.10. The van der Waals surface area contributed by atoms with Crippen molar-refractivity contribution in [1.82, 2.24) is 0 Å². The minimum atomic E-state index is -0.115. The van der Waals surface area contributed by atoms with E-state index in [4.69, 9.17) is 9.47 Å². The summed E-state index contributed by atoms with van der Waals surface area (Å²) in [7, 11) is 1.47. The molecular weight excluding hydrogens is 360 g/mol. The van der Waals surface area contributed by atoms with Crippen LogP contribution in [0.15, 0.2) is 46.9 Å². The summed E-state index contributed by atoms with van der Waals surface area (Å²) >= 11 is 3.25. The molecule has 120 valence electrons. The summed E-state index contributed by atoms with van der Waals surface area (Å²) in [5, 5.41) is 9.77. The maximum Gasteiger partial charge on any atom is 0.185 e. The quantitative estimate of drug-likeness (QED) is 0.597. The minimum Gasteiger partial charge on any atom is -0.503 e. The molecule has 0 amide bonds. The smallest absolute Gasteiger partial charge is 0.185 e. The van der Waals surface area contributed by atoms with Gasteiger partial charge in [0.25, 0.3) is 0 Å². The molecule has 0 radical (unpaired) electrons. The standard InChI is InChI=1S/C18H17BrO4/c1-3-23-14-7-5-13(6-8-14)16(20)9-4-12-10-15(19)18(21)17(11-12)22-2/h4-11,21H,3H2,1-2H3. The maximum atomic E-state index is 12.2. The lowest BCUT2D eigenvalue weighted by Gasteiger charge is -2.06. The number of benzene rings is 2. The zero-order chi connectivity index (χ0) is 16.8. The van der Waals surface area contributed by atoms with E-state index in [1.807, 2.05) is 6.92 Å². The van der Waals surface area contributed by atoms with E-state index in [0.29, 0.717) is 22.4 Å². The number of aromatic hydroxyl groups is 1. The number of phenolic OH excluding ortho intramolecular Hbond substituents is 1. The number of ketones is 1. The second-order valence-electron chi connectivity index (χ2n) is 4.71. The second-order valence-corrected chi connectivity index (χ2v) is 5.56. The van der Waals surface area contributed by atoms with Crippen LogP contribution in [-0.2, 0) is 0 Å². The average molecular weight is 377 g/mol. The van der Waals surface area contributed by atoms with Gasteiger partial charge in [-0.05, 0) is 70.9 Å². The molecule has 0 saturated carbocycles. The van der Waals surface area contributed by atoms with Gasteiger partial charge in [-0.25, -0.2) is 0 Å². The molecule has 0 unspecified atom stereocenters. The molecule has 0 aliphatic heterocycles. The first-order valence-electron chi connectivity index (χ1n) is 7.07. The summed E-state index contributed by atoms with van der Waals surface area (Å²) < 4.78 is 10.9. The Balaban J connectivity index is 2.16. The van der Waals surface area contributed by atoms with Gasteiger partial charge < -0.3 is 14.6 Å². The van der Waals surface area contributed by atoms with Crippen molar-refractivity contribution in [3.05, 3.63) is 58.1 Å². The van der Waals surface area contributed by atoms with Gasteiger partial charge in [-0.2, -0.15) is 0 Å². The third-order valence-corrected chi connectivity index (χ3v) is 3.75. The first-order chi connectivity index (χ1) is 11.0. The number of carbonyl (C=O) groups excluding carboxylic acids is 1. The van der Waals surface area contributed by atoms with E-state index < -0.39 is 0 Å². The summed E-state index contributed by atoms with van der Waals surface area (Å²) in [6.45, 7) is 2.50. The number of phenols is 1. The number of hydrogen-bond acceptors (Lipinski definition) is 4. The second kappa shape index (κ2) is 7.83. The number of allylic oxidation sites excluding steroid dienone is 1. The molecule has 5 heteroatoms. The monoisotopic (exact) mass is 376 g/mol. The van der Waals surface area contributed by atoms with Crippen molar-refractivity contribution >= 4 is 27.8 Å². The van der Waals surface area contributed by atoms with Crippen LogP contribution in [0.4, 0.5) is 0 Å². The topological polar surface area (TPSA) is 55.8 Å². The molecule has 2 rings (SSSR count). The summed E-state index contributed by atoms with van der Waals surface area (Å²) in [5.41, 5.74) is 1.32. The Kier molecular flexibility index (Phi) is 5.82. The molecule has 2 aromatic rings. The van der Waals surface area contributed by atoms with Crippen LogP contribution >= 0.6 is 15.9 Å². The molecule has 2 aromatic carbocycles. The van der Waals surface area contributed by atoms with E-state index >= 15 is 0 Å². The first-order valence-corrected chi connectivity index (χ1v) is 7.86. The summed E-state index contributed by atoms with van der Waals surface area (Å²) in [5.74, 6) is 0.992. The highest BCUT2D eigenvalue weighted by Crippen LogP contribution is 2.35. The van der Waals surface area contributed by atoms with Gasteiger partial charge in [-0.3, -0.25) is 4.79 Å². The summed E-state index contributed by atoms with van der Waals surface area (Å²) in [6.07, 6.45) is 3.15. The average Bonchev–Trinajstić information content (AvgIpc) is 2.56. The van der Waals surface area contributed by atoms with Crippen molar-refractivity contribution in [3.63, 3.8) is 0 Å². The fraction of sp³-hybridized carbons (Fsp3) is 0.167. The number of carbonyl (C=O) groups is 1. The molecule has 0 aromatic heterocycles. The van der Waals surface area contributed by atoms with Crippen molar-refractivity contribution in [2.75, 3.05) is 13.7 Å². The molecule has 0 atom stereocenters. The van der Waals surface area contributed by atoms with Crippen LogP contribution in [0, 0.1) is 0 Å². The van der Waals surface area contributed by atoms with Crippen LogP contribution in [0.25, 0.3) is 6.08 Å². The maximum absolute atomic E-state index is 12.2. The molecule has 0 spiro atoms. The third-order valence-electron chi connectivity index (χ3n) is 3.15. The lowest BCUT2D eigenvalue weighted by Crippen LogP contribution is -1.96. The van der Waals surface area contributed by atoms with Crippen LogP contribution < -0.4 is 9.47 Å². The normalized spacial score (nSPS) is 10.7. The van der Waals surface area contributed by atoms with Crippen molar-refractivity contribution in [1.29, 1.82) is 0 Å². The lowest BCUT2D eigenvalue weighted by molar-refractivity contribution is 0.104. The Morgan fingerprint density at radius 3 is 2.57 bits per heavy atom. The van der Waals surface area contributed by atoms with Crippen LogP contribution in [0.5, 0.6) is 17.2 Å². The number of methoxy groups -OCH3 is 1. The van der Waals surface area contributed by atoms with E-state index in [0.717, 1.165) is 11.3 Å². The molecule has 0 fully saturated rings. The van der Waals surface area contributed by atoms with E-state index in [-0.39, 0.29) is 11.5 Å². The van der Waals surface area contributed by atoms with Crippen LogP contribution in [0.2, 0.25) is 0 Å². The number of halogens is 1. The van der Waals surface area contributed by atoms with Crippen LogP contribution in [0.3, 0.4) is 0 Å². The molecular formula is C18H17BrO4. The number of ether oxygens (including phenoxy) is 2. The van der Waals surface area contributed by atoms with Crippen LogP contribution in [0.1, 0.15) is 22.8 Å². The molecule has 0 saturated heterocycles. The van der Waals surface area contributed by atoms with Gasteiger partial charge in [-0.1, -0.05) is 6.08 Å². The predicted molar refractivity (Wildman–Crippen MR) is 93.3 cm³/mol. The summed E-state index contributed by atoms with van der Waals surface area (Å²) in [6, 6.07) is 10.4. The van der Waals surface area contributed by atoms with Crippen molar-refractivity contribution in [2.24, 2.45) is 0 Å². The zero-order valence-corrected chi connectivity index (χ0v) is 14.5. The van der Waals surface area contributed by atoms with Gasteiger partial charge in [-0.15, -0.1) is 0 Å². The zero-order valence-electron chi connectivity index (χ0n) is 12.9. The fourth-order valence-electron chi connectivity index (χ4n) is 2.00.